The van der Waals surface area contributed by atoms with Crippen LogP contribution in [-0.2, 0) is 0 Å². The predicted molar refractivity (Wildman–Crippen MR) is 63.3 cm³/mol. The lowest BCUT2D eigenvalue weighted by Gasteiger charge is -2.21. The first-order valence-electron chi connectivity index (χ1n) is 4.80. The van der Waals surface area contributed by atoms with E-state index in [4.69, 9.17) is 16.7 Å². The van der Waals surface area contributed by atoms with Crippen molar-refractivity contribution < 1.29 is 0 Å². The molecule has 0 aliphatic carbocycles. The van der Waals surface area contributed by atoms with Gasteiger partial charge >= 0.3 is 0 Å². The lowest BCUT2D eigenvalue weighted by molar-refractivity contribution is 0.716. The minimum absolute atomic E-state index is 0.00576. The summed E-state index contributed by atoms with van der Waals surface area (Å²) in [5, 5.41) is 8.71. The molecule has 0 aromatic heterocycles. The van der Waals surface area contributed by atoms with Crippen molar-refractivity contribution in [2.24, 2.45) is 5.92 Å². The van der Waals surface area contributed by atoms with E-state index in [1.165, 1.54) is 0 Å². The highest BCUT2D eigenvalue weighted by molar-refractivity contribution is 5.69. The molecule has 0 aliphatic rings. The molecule has 1 rings (SSSR count). The van der Waals surface area contributed by atoms with E-state index in [2.05, 4.69) is 6.07 Å². The van der Waals surface area contributed by atoms with Crippen molar-refractivity contribution in [1.82, 2.24) is 0 Å². The highest BCUT2D eigenvalue weighted by Crippen LogP contribution is 2.22. The van der Waals surface area contributed by atoms with Crippen molar-refractivity contribution in [3.63, 3.8) is 0 Å². The van der Waals surface area contributed by atoms with E-state index in [-0.39, 0.29) is 5.92 Å². The first-order valence-corrected chi connectivity index (χ1v) is 4.80. The molecule has 1 aromatic rings. The Morgan fingerprint density at radius 3 is 2.60 bits per heavy atom. The van der Waals surface area contributed by atoms with Gasteiger partial charge < -0.3 is 16.4 Å². The summed E-state index contributed by atoms with van der Waals surface area (Å²) in [5.41, 5.74) is 13.5. The molecule has 0 spiro atoms. The zero-order chi connectivity index (χ0) is 11.4. The number of rotatable bonds is 3. The van der Waals surface area contributed by atoms with Gasteiger partial charge in [-0.15, -0.1) is 0 Å². The maximum absolute atomic E-state index is 8.71. The van der Waals surface area contributed by atoms with Crippen molar-refractivity contribution in [3.05, 3.63) is 18.2 Å². The lowest BCUT2D eigenvalue weighted by Crippen LogP contribution is -2.23. The Labute approximate surface area is 90.1 Å². The number of hydrogen-bond acceptors (Lipinski definition) is 4. The van der Waals surface area contributed by atoms with Gasteiger partial charge in [0.2, 0.25) is 0 Å². The summed E-state index contributed by atoms with van der Waals surface area (Å²) in [4.78, 5) is 1.99. The van der Waals surface area contributed by atoms with Gasteiger partial charge in [-0.05, 0) is 25.1 Å². The number of nitriles is 1. The Hall–Kier alpha value is -1.89. The summed E-state index contributed by atoms with van der Waals surface area (Å²) in [6.07, 6.45) is 0. The Kier molecular flexibility index (Phi) is 3.40. The number of nitrogen functional groups attached to an aromatic ring is 2. The molecule has 0 fully saturated rings. The van der Waals surface area contributed by atoms with Crippen molar-refractivity contribution in [2.45, 2.75) is 6.92 Å². The number of nitrogens with zero attached hydrogens (tertiary/aromatic N) is 2. The molecule has 0 amide bonds. The molecule has 0 aliphatic heterocycles. The van der Waals surface area contributed by atoms with Gasteiger partial charge in [-0.2, -0.15) is 5.26 Å². The highest BCUT2D eigenvalue weighted by atomic mass is 15.1. The van der Waals surface area contributed by atoms with E-state index in [1.807, 2.05) is 31.0 Å². The largest absolute Gasteiger partial charge is 0.397 e. The third kappa shape index (κ3) is 2.78. The zero-order valence-electron chi connectivity index (χ0n) is 9.07. The summed E-state index contributed by atoms with van der Waals surface area (Å²) < 4.78 is 0. The first kappa shape index (κ1) is 11.2. The van der Waals surface area contributed by atoms with Gasteiger partial charge in [0.1, 0.15) is 0 Å². The van der Waals surface area contributed by atoms with Gasteiger partial charge in [-0.1, -0.05) is 0 Å². The molecule has 4 heteroatoms. The van der Waals surface area contributed by atoms with Crippen LogP contribution in [0.15, 0.2) is 18.2 Å². The summed E-state index contributed by atoms with van der Waals surface area (Å²) in [7, 11) is 1.93. The van der Waals surface area contributed by atoms with Crippen LogP contribution < -0.4 is 16.4 Å². The molecule has 1 aromatic carbocycles. The van der Waals surface area contributed by atoms with Crippen molar-refractivity contribution in [1.29, 1.82) is 5.26 Å². The van der Waals surface area contributed by atoms with Crippen LogP contribution in [0.5, 0.6) is 0 Å². The number of benzene rings is 1. The van der Waals surface area contributed by atoms with E-state index < -0.39 is 0 Å². The van der Waals surface area contributed by atoms with Gasteiger partial charge in [-0.25, -0.2) is 0 Å². The Balaban J connectivity index is 2.79. The van der Waals surface area contributed by atoms with Crippen LogP contribution in [0.3, 0.4) is 0 Å². The van der Waals surface area contributed by atoms with Gasteiger partial charge in [0.15, 0.2) is 0 Å². The van der Waals surface area contributed by atoms with Crippen LogP contribution in [0, 0.1) is 17.2 Å². The van der Waals surface area contributed by atoms with Gasteiger partial charge in [0.25, 0.3) is 0 Å². The summed E-state index contributed by atoms with van der Waals surface area (Å²) >= 11 is 0. The fraction of sp³-hybridized carbons (Fsp3) is 0.364. The SMILES string of the molecule is CC(C#N)CN(C)c1ccc(N)c(N)c1. The summed E-state index contributed by atoms with van der Waals surface area (Å²) in [5.74, 6) is -0.00576. The van der Waals surface area contributed by atoms with E-state index in [0.717, 1.165) is 5.69 Å². The smallest absolute Gasteiger partial charge is 0.0671 e. The molecule has 0 bridgehead atoms. The normalized spacial score (nSPS) is 11.8. The third-order valence-electron chi connectivity index (χ3n) is 2.28. The Bertz CT molecular complexity index is 381. The monoisotopic (exact) mass is 204 g/mol. The topological polar surface area (TPSA) is 79.1 Å². The number of anilines is 3. The molecule has 0 heterocycles. The Morgan fingerprint density at radius 1 is 1.40 bits per heavy atom. The van der Waals surface area contributed by atoms with E-state index in [0.29, 0.717) is 17.9 Å². The van der Waals surface area contributed by atoms with Crippen molar-refractivity contribution in [3.8, 4) is 6.07 Å². The number of hydrogen-bond donors (Lipinski definition) is 2. The molecule has 15 heavy (non-hydrogen) atoms. The van der Waals surface area contributed by atoms with Crippen LogP contribution in [-0.4, -0.2) is 13.6 Å². The predicted octanol–water partition coefficient (Wildman–Crippen LogP) is 1.45. The zero-order valence-corrected chi connectivity index (χ0v) is 9.07. The summed E-state index contributed by atoms with van der Waals surface area (Å²) in [6.45, 7) is 2.57. The molecule has 0 saturated carbocycles. The van der Waals surface area contributed by atoms with E-state index in [9.17, 15) is 0 Å². The van der Waals surface area contributed by atoms with Crippen LogP contribution in [0.2, 0.25) is 0 Å². The van der Waals surface area contributed by atoms with Gasteiger partial charge in [0.05, 0.1) is 23.4 Å². The standard InChI is InChI=1S/C11H16N4/c1-8(6-12)7-15(2)9-3-4-10(13)11(14)5-9/h3-5,8H,7,13-14H2,1-2H3. The minimum atomic E-state index is -0.00576. The van der Waals surface area contributed by atoms with E-state index in [1.54, 1.807) is 6.07 Å². The van der Waals surface area contributed by atoms with Crippen molar-refractivity contribution in [2.75, 3.05) is 30.0 Å². The van der Waals surface area contributed by atoms with Crippen molar-refractivity contribution >= 4 is 17.1 Å². The fourth-order valence-electron chi connectivity index (χ4n) is 1.36. The highest BCUT2D eigenvalue weighted by Gasteiger charge is 2.07. The summed E-state index contributed by atoms with van der Waals surface area (Å²) in [6, 6.07) is 7.69. The molecule has 1 unspecified atom stereocenters. The second-order valence-corrected chi connectivity index (χ2v) is 3.72. The van der Waals surface area contributed by atoms with Gasteiger partial charge in [-0.3, -0.25) is 0 Å². The molecule has 1 atom stereocenters. The lowest BCUT2D eigenvalue weighted by atomic mass is 10.1. The number of nitrogens with two attached hydrogens (primary N) is 2. The average Bonchev–Trinajstić information content (AvgIpc) is 2.21. The molecule has 0 saturated heterocycles. The second-order valence-electron chi connectivity index (χ2n) is 3.72. The third-order valence-corrected chi connectivity index (χ3v) is 2.28. The van der Waals surface area contributed by atoms with E-state index >= 15 is 0 Å². The van der Waals surface area contributed by atoms with Crippen LogP contribution >= 0.6 is 0 Å². The maximum atomic E-state index is 8.71. The molecule has 4 nitrogen and oxygen atoms in total. The van der Waals surface area contributed by atoms with Crippen LogP contribution in [0.4, 0.5) is 17.1 Å². The van der Waals surface area contributed by atoms with Gasteiger partial charge in [0, 0.05) is 19.3 Å². The van der Waals surface area contributed by atoms with Crippen LogP contribution in [0.25, 0.3) is 0 Å². The second kappa shape index (κ2) is 4.56. The molecular formula is C11H16N4. The fourth-order valence-corrected chi connectivity index (χ4v) is 1.36. The maximum Gasteiger partial charge on any atom is 0.0671 e. The first-order chi connectivity index (χ1) is 7.04. The Morgan fingerprint density at radius 2 is 2.07 bits per heavy atom. The minimum Gasteiger partial charge on any atom is -0.397 e. The quantitative estimate of drug-likeness (QED) is 0.730. The molecule has 4 N–H and O–H groups in total. The molecular weight excluding hydrogens is 188 g/mol. The molecule has 80 valence electrons. The molecule has 0 radical (unpaired) electrons. The average molecular weight is 204 g/mol. The van der Waals surface area contributed by atoms with Crippen LogP contribution in [0.1, 0.15) is 6.92 Å².